The van der Waals surface area contributed by atoms with Crippen LogP contribution in [0.4, 0.5) is 0 Å². The van der Waals surface area contributed by atoms with Gasteiger partial charge >= 0.3 is 0 Å². The van der Waals surface area contributed by atoms with Gasteiger partial charge in [-0.2, -0.15) is 0 Å². The van der Waals surface area contributed by atoms with Gasteiger partial charge in [-0.1, -0.05) is 37.3 Å². The van der Waals surface area contributed by atoms with E-state index in [9.17, 15) is 5.11 Å². The smallest absolute Gasteiger partial charge is 0.0967 e. The number of aryl methyl sites for hydroxylation is 2. The molecule has 0 bridgehead atoms. The Bertz CT molecular complexity index is 572. The van der Waals surface area contributed by atoms with Crippen molar-refractivity contribution in [1.29, 1.82) is 0 Å². The van der Waals surface area contributed by atoms with Gasteiger partial charge in [0.05, 0.1) is 5.60 Å². The highest BCUT2D eigenvalue weighted by Gasteiger charge is 2.15. The zero-order chi connectivity index (χ0) is 16.0. The van der Waals surface area contributed by atoms with Crippen molar-refractivity contribution >= 4 is 11.3 Å². The lowest BCUT2D eigenvalue weighted by atomic mass is 10.0. The summed E-state index contributed by atoms with van der Waals surface area (Å²) in [5, 5.41) is 9.95. The van der Waals surface area contributed by atoms with Crippen molar-refractivity contribution in [2.24, 2.45) is 4.99 Å². The van der Waals surface area contributed by atoms with Crippen molar-refractivity contribution in [3.63, 3.8) is 0 Å². The molecule has 21 heavy (non-hydrogen) atoms. The first kappa shape index (κ1) is 17.4. The Labute approximate surface area is 128 Å². The largest absolute Gasteiger partial charge is 0.385 e. The number of hydrogen-bond acceptors (Lipinski definition) is 2. The molecule has 0 saturated carbocycles. The summed E-state index contributed by atoms with van der Waals surface area (Å²) in [7, 11) is 0. The van der Waals surface area contributed by atoms with Gasteiger partial charge in [0.15, 0.2) is 0 Å². The topological polar surface area (TPSA) is 32.6 Å². The molecule has 2 heteroatoms. The third-order valence-corrected chi connectivity index (χ3v) is 3.66. The Balaban J connectivity index is 3.23. The number of allylic oxidation sites excluding steroid dienone is 3. The number of rotatable bonds is 5. The molecule has 0 aliphatic rings. The van der Waals surface area contributed by atoms with E-state index < -0.39 is 5.60 Å². The summed E-state index contributed by atoms with van der Waals surface area (Å²) in [5.74, 6) is 0. The Hall–Kier alpha value is -1.67. The van der Waals surface area contributed by atoms with Crippen molar-refractivity contribution in [2.75, 3.05) is 0 Å². The Morgan fingerprint density at radius 3 is 2.43 bits per heavy atom. The van der Waals surface area contributed by atoms with E-state index in [1.54, 1.807) is 13.8 Å². The Morgan fingerprint density at radius 2 is 1.90 bits per heavy atom. The van der Waals surface area contributed by atoms with E-state index >= 15 is 0 Å². The van der Waals surface area contributed by atoms with Gasteiger partial charge in [-0.3, -0.25) is 4.99 Å². The zero-order valence-electron chi connectivity index (χ0n) is 14.1. The molecule has 0 saturated heterocycles. The van der Waals surface area contributed by atoms with Crippen molar-refractivity contribution in [3.05, 3.63) is 53.2 Å². The van der Waals surface area contributed by atoms with Gasteiger partial charge in [-0.15, -0.1) is 0 Å². The van der Waals surface area contributed by atoms with E-state index in [0.29, 0.717) is 5.71 Å². The van der Waals surface area contributed by atoms with Crippen LogP contribution in [0, 0.1) is 13.8 Å². The number of aliphatic hydroxyl groups is 1. The summed E-state index contributed by atoms with van der Waals surface area (Å²) in [4.78, 5) is 4.43. The first-order valence-electron chi connectivity index (χ1n) is 7.47. The van der Waals surface area contributed by atoms with Gasteiger partial charge in [0.1, 0.15) is 0 Å². The fraction of sp³-hybridized carbons (Fsp3) is 0.421. The molecule has 114 valence electrons. The molecule has 0 radical (unpaired) electrons. The van der Waals surface area contributed by atoms with Crippen LogP contribution in [0.5, 0.6) is 0 Å². The van der Waals surface area contributed by atoms with Crippen LogP contribution in [-0.2, 0) is 0 Å². The second-order valence-electron chi connectivity index (χ2n) is 5.97. The molecule has 0 fully saturated rings. The average molecular weight is 285 g/mol. The first-order valence-corrected chi connectivity index (χ1v) is 7.47. The van der Waals surface area contributed by atoms with Gasteiger partial charge in [-0.25, -0.2) is 0 Å². The average Bonchev–Trinajstić information content (AvgIpc) is 2.41. The lowest BCUT2D eigenvalue weighted by Crippen LogP contribution is -2.28. The lowest BCUT2D eigenvalue weighted by molar-refractivity contribution is 0.153. The molecule has 2 nitrogen and oxygen atoms in total. The molecule has 1 N–H and O–H groups in total. The third-order valence-electron chi connectivity index (χ3n) is 3.66. The van der Waals surface area contributed by atoms with Crippen molar-refractivity contribution in [3.8, 4) is 0 Å². The molecule has 0 heterocycles. The summed E-state index contributed by atoms with van der Waals surface area (Å²) in [6, 6.07) is 6.42. The minimum Gasteiger partial charge on any atom is -0.385 e. The normalized spacial score (nSPS) is 14.0. The predicted octanol–water partition coefficient (Wildman–Crippen LogP) is 4.84. The number of nitrogens with zero attached hydrogens (tertiary/aromatic N) is 1. The monoisotopic (exact) mass is 285 g/mol. The van der Waals surface area contributed by atoms with Gasteiger partial charge in [0.2, 0.25) is 0 Å². The highest BCUT2D eigenvalue weighted by molar-refractivity contribution is 5.90. The molecule has 0 aliphatic carbocycles. The molecule has 1 aromatic rings. The minimum atomic E-state index is -0.890. The maximum Gasteiger partial charge on any atom is 0.0967 e. The summed E-state index contributed by atoms with van der Waals surface area (Å²) < 4.78 is 0. The molecule has 0 aromatic heterocycles. The maximum absolute atomic E-state index is 9.95. The van der Waals surface area contributed by atoms with Crippen molar-refractivity contribution in [1.82, 2.24) is 0 Å². The van der Waals surface area contributed by atoms with E-state index in [2.05, 4.69) is 56.1 Å². The number of hydrogen-bond donors (Lipinski definition) is 1. The van der Waals surface area contributed by atoms with Crippen LogP contribution in [0.25, 0.3) is 5.57 Å². The molecule has 0 unspecified atom stereocenters. The van der Waals surface area contributed by atoms with Gasteiger partial charge < -0.3 is 5.11 Å². The molecule has 0 spiro atoms. The number of benzene rings is 1. The minimum absolute atomic E-state index is 0.703. The molecular formula is C19H27NO. The Morgan fingerprint density at radius 1 is 1.24 bits per heavy atom. The first-order chi connectivity index (χ1) is 9.75. The van der Waals surface area contributed by atoms with E-state index in [1.807, 2.05) is 13.1 Å². The van der Waals surface area contributed by atoms with Crippen molar-refractivity contribution in [2.45, 2.75) is 53.6 Å². The lowest BCUT2D eigenvalue weighted by Gasteiger charge is -2.16. The molecule has 0 amide bonds. The third kappa shape index (κ3) is 5.31. The van der Waals surface area contributed by atoms with Crippen LogP contribution in [0.3, 0.4) is 0 Å². The van der Waals surface area contributed by atoms with Gasteiger partial charge in [-0.05, 0) is 63.3 Å². The predicted molar refractivity (Wildman–Crippen MR) is 92.7 cm³/mol. The van der Waals surface area contributed by atoms with Crippen LogP contribution >= 0.6 is 0 Å². The summed E-state index contributed by atoms with van der Waals surface area (Å²) in [6.07, 6.45) is 7.03. The molecule has 0 aliphatic heterocycles. The van der Waals surface area contributed by atoms with Crippen LogP contribution < -0.4 is 0 Å². The molecule has 1 aromatic carbocycles. The second kappa shape index (κ2) is 7.37. The van der Waals surface area contributed by atoms with Crippen molar-refractivity contribution < 1.29 is 5.11 Å². The fourth-order valence-corrected chi connectivity index (χ4v) is 1.70. The van der Waals surface area contributed by atoms with Crippen LogP contribution in [0.1, 0.15) is 50.8 Å². The van der Waals surface area contributed by atoms with Crippen LogP contribution in [0.15, 0.2) is 41.5 Å². The molecule has 1 rings (SSSR count). The molecule has 0 atom stereocenters. The van der Waals surface area contributed by atoms with Crippen LogP contribution in [0.2, 0.25) is 0 Å². The summed E-state index contributed by atoms with van der Waals surface area (Å²) >= 11 is 0. The SMILES string of the molecule is CC/C=C/C(=C\N=C(/C)C(C)(C)O)c1ccc(C)c(C)c1. The van der Waals surface area contributed by atoms with E-state index in [0.717, 1.165) is 17.6 Å². The van der Waals surface area contributed by atoms with E-state index in [1.165, 1.54) is 11.1 Å². The van der Waals surface area contributed by atoms with E-state index in [-0.39, 0.29) is 0 Å². The fourth-order valence-electron chi connectivity index (χ4n) is 1.70. The highest BCUT2D eigenvalue weighted by atomic mass is 16.3. The van der Waals surface area contributed by atoms with Crippen LogP contribution in [-0.4, -0.2) is 16.4 Å². The highest BCUT2D eigenvalue weighted by Crippen LogP contribution is 2.20. The summed E-state index contributed by atoms with van der Waals surface area (Å²) in [6.45, 7) is 11.7. The quantitative estimate of drug-likeness (QED) is 0.609. The summed E-state index contributed by atoms with van der Waals surface area (Å²) in [5.41, 5.74) is 4.58. The maximum atomic E-state index is 9.95. The number of aliphatic imine (C=N–C) groups is 1. The van der Waals surface area contributed by atoms with E-state index in [4.69, 9.17) is 0 Å². The zero-order valence-corrected chi connectivity index (χ0v) is 14.1. The van der Waals surface area contributed by atoms with Gasteiger partial charge in [0.25, 0.3) is 0 Å². The molecular weight excluding hydrogens is 258 g/mol. The Kier molecular flexibility index (Phi) is 6.10. The standard InChI is InChI=1S/C19H27NO/c1-7-8-9-18(13-20-16(4)19(5,6)21)17-11-10-14(2)15(3)12-17/h8-13,21H,7H2,1-6H3/b9-8+,18-13+,20-16+. The second-order valence-corrected chi connectivity index (χ2v) is 5.97. The van der Waals surface area contributed by atoms with Gasteiger partial charge in [0, 0.05) is 11.9 Å².